The van der Waals surface area contributed by atoms with Crippen LogP contribution in [-0.2, 0) is 9.53 Å². The van der Waals surface area contributed by atoms with Gasteiger partial charge in [0.2, 0.25) is 5.91 Å². The Hall–Kier alpha value is -1.97. The maximum Gasteiger partial charge on any atom is 0.224 e. The van der Waals surface area contributed by atoms with Crippen molar-refractivity contribution in [2.45, 2.75) is 39.2 Å². The van der Waals surface area contributed by atoms with Crippen molar-refractivity contribution < 1.29 is 9.53 Å². The molecule has 0 saturated heterocycles. The largest absolute Gasteiger partial charge is 0.497 e. The highest BCUT2D eigenvalue weighted by molar-refractivity contribution is 5.92. The molecule has 1 unspecified atom stereocenters. The van der Waals surface area contributed by atoms with Crippen molar-refractivity contribution in [2.75, 3.05) is 17.2 Å². The Morgan fingerprint density at radius 3 is 2.90 bits per heavy atom. The number of ether oxygens (including phenoxy) is 1. The fourth-order valence-corrected chi connectivity index (χ4v) is 2.16. The van der Waals surface area contributed by atoms with E-state index in [9.17, 15) is 4.79 Å². The van der Waals surface area contributed by atoms with E-state index in [-0.39, 0.29) is 12.0 Å². The van der Waals surface area contributed by atoms with Crippen molar-refractivity contribution in [1.82, 2.24) is 0 Å². The minimum Gasteiger partial charge on any atom is -0.497 e. The third-order valence-corrected chi connectivity index (χ3v) is 3.47. The Bertz CT molecular complexity index is 497. The lowest BCUT2D eigenvalue weighted by Gasteiger charge is -2.21. The molecule has 0 saturated carbocycles. The molecule has 0 spiro atoms. The van der Waals surface area contributed by atoms with Crippen molar-refractivity contribution in [1.29, 1.82) is 0 Å². The van der Waals surface area contributed by atoms with Crippen LogP contribution in [0.15, 0.2) is 30.5 Å². The van der Waals surface area contributed by atoms with Crippen LogP contribution in [0.1, 0.15) is 31.7 Å². The molecule has 1 atom stereocenters. The van der Waals surface area contributed by atoms with Crippen LogP contribution in [-0.4, -0.2) is 18.6 Å². The summed E-state index contributed by atoms with van der Waals surface area (Å²) < 4.78 is 5.54. The number of allylic oxidation sites excluding steroid dienone is 1. The SMILES string of the molecule is CCC(=O)Nc1cccc(NCC2CCC=CO2)c1C. The molecule has 1 amide bonds. The molecular weight excluding hydrogens is 252 g/mol. The number of hydrogen-bond acceptors (Lipinski definition) is 3. The van der Waals surface area contributed by atoms with Crippen LogP contribution in [0.3, 0.4) is 0 Å². The van der Waals surface area contributed by atoms with Gasteiger partial charge in [0, 0.05) is 17.8 Å². The molecule has 1 aromatic carbocycles. The van der Waals surface area contributed by atoms with Gasteiger partial charge in [-0.25, -0.2) is 0 Å². The van der Waals surface area contributed by atoms with E-state index in [2.05, 4.69) is 10.6 Å². The predicted molar refractivity (Wildman–Crippen MR) is 81.8 cm³/mol. The van der Waals surface area contributed by atoms with Gasteiger partial charge in [0.15, 0.2) is 0 Å². The molecule has 4 heteroatoms. The van der Waals surface area contributed by atoms with Crippen molar-refractivity contribution in [2.24, 2.45) is 0 Å². The maximum absolute atomic E-state index is 11.5. The minimum absolute atomic E-state index is 0.0333. The van der Waals surface area contributed by atoms with Crippen molar-refractivity contribution in [3.8, 4) is 0 Å². The second-order valence-electron chi connectivity index (χ2n) is 4.97. The van der Waals surface area contributed by atoms with Crippen LogP contribution < -0.4 is 10.6 Å². The van der Waals surface area contributed by atoms with Gasteiger partial charge in [0.05, 0.1) is 12.8 Å². The first kappa shape index (κ1) is 14.4. The van der Waals surface area contributed by atoms with Gasteiger partial charge in [-0.3, -0.25) is 4.79 Å². The molecule has 2 rings (SSSR count). The average Bonchev–Trinajstić information content (AvgIpc) is 2.49. The molecule has 0 fully saturated rings. The fraction of sp³-hybridized carbons (Fsp3) is 0.438. The highest BCUT2D eigenvalue weighted by Crippen LogP contribution is 2.24. The van der Waals surface area contributed by atoms with Crippen LogP contribution in [0, 0.1) is 6.92 Å². The van der Waals surface area contributed by atoms with Gasteiger partial charge in [-0.1, -0.05) is 13.0 Å². The molecule has 20 heavy (non-hydrogen) atoms. The third-order valence-electron chi connectivity index (χ3n) is 3.47. The van der Waals surface area contributed by atoms with Gasteiger partial charge in [0.1, 0.15) is 6.10 Å². The standard InChI is InChI=1S/C16H22N2O2/c1-3-16(19)18-15-9-6-8-14(12(15)2)17-11-13-7-4-5-10-20-13/h5-6,8-10,13,17H,3-4,7,11H2,1-2H3,(H,18,19). The Kier molecular flexibility index (Phi) is 5.04. The zero-order valence-corrected chi connectivity index (χ0v) is 12.1. The third kappa shape index (κ3) is 3.76. The number of rotatable bonds is 5. The van der Waals surface area contributed by atoms with Crippen LogP contribution in [0.4, 0.5) is 11.4 Å². The number of carbonyl (C=O) groups is 1. The molecule has 0 radical (unpaired) electrons. The Balaban J connectivity index is 1.98. The summed E-state index contributed by atoms with van der Waals surface area (Å²) >= 11 is 0. The summed E-state index contributed by atoms with van der Waals surface area (Å²) in [5.74, 6) is 0.0333. The van der Waals surface area contributed by atoms with E-state index in [0.29, 0.717) is 6.42 Å². The summed E-state index contributed by atoms with van der Waals surface area (Å²) in [5, 5.41) is 6.32. The van der Waals surface area contributed by atoms with E-state index >= 15 is 0 Å². The van der Waals surface area contributed by atoms with Gasteiger partial charge in [-0.05, 0) is 43.5 Å². The lowest BCUT2D eigenvalue weighted by molar-refractivity contribution is -0.115. The van der Waals surface area contributed by atoms with Crippen LogP contribution in [0.5, 0.6) is 0 Å². The molecular formula is C16H22N2O2. The molecule has 1 aromatic rings. The number of amides is 1. The van der Waals surface area contributed by atoms with Gasteiger partial charge in [-0.15, -0.1) is 0 Å². The van der Waals surface area contributed by atoms with Crippen LogP contribution in [0.25, 0.3) is 0 Å². The molecule has 0 bridgehead atoms. The number of nitrogens with one attached hydrogen (secondary N) is 2. The number of carbonyl (C=O) groups excluding carboxylic acids is 1. The molecule has 108 valence electrons. The molecule has 2 N–H and O–H groups in total. The van der Waals surface area contributed by atoms with E-state index in [0.717, 1.165) is 36.3 Å². The molecule has 1 heterocycles. The lowest BCUT2D eigenvalue weighted by Crippen LogP contribution is -2.23. The zero-order chi connectivity index (χ0) is 14.4. The van der Waals surface area contributed by atoms with E-state index in [4.69, 9.17) is 4.74 Å². The molecule has 1 aliphatic heterocycles. The smallest absolute Gasteiger partial charge is 0.224 e. The Morgan fingerprint density at radius 2 is 2.20 bits per heavy atom. The summed E-state index contributed by atoms with van der Waals surface area (Å²) in [5.41, 5.74) is 2.96. The number of hydrogen-bond donors (Lipinski definition) is 2. The lowest BCUT2D eigenvalue weighted by atomic mass is 10.1. The Morgan fingerprint density at radius 1 is 1.40 bits per heavy atom. The van der Waals surface area contributed by atoms with E-state index in [1.54, 1.807) is 6.26 Å². The number of anilines is 2. The van der Waals surface area contributed by atoms with Gasteiger partial charge in [-0.2, -0.15) is 0 Å². The topological polar surface area (TPSA) is 50.4 Å². The predicted octanol–water partition coefficient (Wildman–Crippen LogP) is 3.45. The second-order valence-corrected chi connectivity index (χ2v) is 4.97. The Labute approximate surface area is 120 Å². The summed E-state index contributed by atoms with van der Waals surface area (Å²) in [6.07, 6.45) is 6.63. The maximum atomic E-state index is 11.5. The molecule has 0 aromatic heterocycles. The summed E-state index contributed by atoms with van der Waals surface area (Å²) in [4.78, 5) is 11.5. The first-order valence-electron chi connectivity index (χ1n) is 7.14. The monoisotopic (exact) mass is 274 g/mol. The summed E-state index contributed by atoms with van der Waals surface area (Å²) in [6, 6.07) is 5.89. The van der Waals surface area contributed by atoms with Crippen LogP contribution >= 0.6 is 0 Å². The summed E-state index contributed by atoms with van der Waals surface area (Å²) in [7, 11) is 0. The van der Waals surface area contributed by atoms with E-state index < -0.39 is 0 Å². The minimum atomic E-state index is 0.0333. The first-order chi connectivity index (χ1) is 9.70. The highest BCUT2D eigenvalue weighted by Gasteiger charge is 2.12. The molecule has 0 aliphatic carbocycles. The first-order valence-corrected chi connectivity index (χ1v) is 7.14. The second kappa shape index (κ2) is 6.98. The molecule has 1 aliphatic rings. The van der Waals surface area contributed by atoms with Crippen LogP contribution in [0.2, 0.25) is 0 Å². The summed E-state index contributed by atoms with van der Waals surface area (Å²) in [6.45, 7) is 4.63. The van der Waals surface area contributed by atoms with E-state index in [1.807, 2.05) is 38.1 Å². The highest BCUT2D eigenvalue weighted by atomic mass is 16.5. The van der Waals surface area contributed by atoms with Gasteiger partial charge >= 0.3 is 0 Å². The van der Waals surface area contributed by atoms with Gasteiger partial charge in [0.25, 0.3) is 0 Å². The average molecular weight is 274 g/mol. The van der Waals surface area contributed by atoms with Crippen molar-refractivity contribution in [3.05, 3.63) is 36.1 Å². The normalized spacial score (nSPS) is 17.4. The van der Waals surface area contributed by atoms with E-state index in [1.165, 1.54) is 0 Å². The van der Waals surface area contributed by atoms with Gasteiger partial charge < -0.3 is 15.4 Å². The number of benzene rings is 1. The van der Waals surface area contributed by atoms with Crippen molar-refractivity contribution in [3.63, 3.8) is 0 Å². The zero-order valence-electron chi connectivity index (χ0n) is 12.1. The molecule has 4 nitrogen and oxygen atoms in total. The fourth-order valence-electron chi connectivity index (χ4n) is 2.16. The quantitative estimate of drug-likeness (QED) is 0.864. The van der Waals surface area contributed by atoms with Crippen molar-refractivity contribution >= 4 is 17.3 Å².